The Morgan fingerprint density at radius 1 is 1.12 bits per heavy atom. The number of nitrogen functional groups attached to an aromatic ring is 1. The maximum atomic E-state index is 13.9. The number of aromatic nitrogens is 4. The molecule has 10 nitrogen and oxygen atoms in total. The van der Waals surface area contributed by atoms with E-state index in [-0.39, 0.29) is 22.7 Å². The molecule has 4 rings (SSSR count). The minimum Gasteiger partial charge on any atom is -0.486 e. The van der Waals surface area contributed by atoms with Gasteiger partial charge in [0, 0.05) is 18.5 Å². The van der Waals surface area contributed by atoms with Crippen LogP contribution in [-0.2, 0) is 23.0 Å². The van der Waals surface area contributed by atoms with Gasteiger partial charge in [-0.25, -0.2) is 18.5 Å². The summed E-state index contributed by atoms with van der Waals surface area (Å²) in [4.78, 5) is 12.0. The molecule has 3 heterocycles. The molecule has 33 heavy (non-hydrogen) atoms. The molecule has 0 radical (unpaired) electrons. The van der Waals surface area contributed by atoms with Gasteiger partial charge in [0.2, 0.25) is 10.0 Å². The zero-order valence-electron chi connectivity index (χ0n) is 17.8. The average molecular weight is 475 g/mol. The van der Waals surface area contributed by atoms with Crippen LogP contribution in [0.3, 0.4) is 0 Å². The molecular weight excluding hydrogens is 451 g/mol. The first-order valence-electron chi connectivity index (χ1n) is 10.3. The summed E-state index contributed by atoms with van der Waals surface area (Å²) in [6.07, 6.45) is 6.68. The summed E-state index contributed by atoms with van der Waals surface area (Å²) in [7, 11) is -3.52. The standard InChI is InChI=1S/C21H23FN6O4S/c1-2-13-10-15-16(32-8-7-31-15)11-14(13)12-17-25-18-19(23)26-21(22)27-20(18)28(17)6-4-3-5-9-33(24,29)30/h1,10-11H,3-9,12H2,(H2,23,26,27)(H2,24,29,30). The predicted octanol–water partition coefficient (Wildman–Crippen LogP) is 1.35. The van der Waals surface area contributed by atoms with Crippen molar-refractivity contribution in [2.45, 2.75) is 32.2 Å². The van der Waals surface area contributed by atoms with Gasteiger partial charge in [-0.05, 0) is 30.5 Å². The zero-order valence-corrected chi connectivity index (χ0v) is 18.6. The lowest BCUT2D eigenvalue weighted by molar-refractivity contribution is 0.171. The summed E-state index contributed by atoms with van der Waals surface area (Å²) < 4.78 is 49.2. The lowest BCUT2D eigenvalue weighted by Gasteiger charge is -2.20. The topological polar surface area (TPSA) is 148 Å². The molecule has 2 aromatic heterocycles. The highest BCUT2D eigenvalue weighted by Gasteiger charge is 2.20. The van der Waals surface area contributed by atoms with Crippen LogP contribution in [0.25, 0.3) is 11.2 Å². The largest absolute Gasteiger partial charge is 0.486 e. The SMILES string of the molecule is C#Cc1cc2c(cc1Cc1nc3c(N)nc(F)nc3n1CCCCCS(N)(=O)=O)OCCO2. The number of benzene rings is 1. The Balaban J connectivity index is 1.66. The molecule has 0 atom stereocenters. The Kier molecular flexibility index (Phi) is 6.35. The number of terminal acetylenes is 1. The fourth-order valence-electron chi connectivity index (χ4n) is 3.74. The van der Waals surface area contributed by atoms with Gasteiger partial charge < -0.3 is 19.8 Å². The highest BCUT2D eigenvalue weighted by Crippen LogP contribution is 2.34. The van der Waals surface area contributed by atoms with Crippen molar-refractivity contribution in [1.82, 2.24) is 19.5 Å². The predicted molar refractivity (Wildman–Crippen MR) is 120 cm³/mol. The third-order valence-corrected chi connectivity index (χ3v) is 6.11. The second kappa shape index (κ2) is 9.21. The van der Waals surface area contributed by atoms with E-state index in [2.05, 4.69) is 20.9 Å². The van der Waals surface area contributed by atoms with Crippen molar-refractivity contribution in [1.29, 1.82) is 0 Å². The van der Waals surface area contributed by atoms with Gasteiger partial charge in [0.1, 0.15) is 19.0 Å². The second-order valence-electron chi connectivity index (χ2n) is 7.63. The third kappa shape index (κ3) is 5.15. The lowest BCUT2D eigenvalue weighted by Crippen LogP contribution is -2.16. The molecule has 1 aliphatic rings. The number of hydrogen-bond donors (Lipinski definition) is 2. The number of ether oxygens (including phenoxy) is 2. The van der Waals surface area contributed by atoms with Crippen LogP contribution in [0.5, 0.6) is 11.5 Å². The van der Waals surface area contributed by atoms with Crippen LogP contribution < -0.4 is 20.3 Å². The van der Waals surface area contributed by atoms with E-state index in [1.807, 2.05) is 6.07 Å². The first kappa shape index (κ1) is 22.8. The van der Waals surface area contributed by atoms with Crippen LogP contribution in [0.1, 0.15) is 36.2 Å². The van der Waals surface area contributed by atoms with Crippen LogP contribution >= 0.6 is 0 Å². The number of sulfonamides is 1. The van der Waals surface area contributed by atoms with Gasteiger partial charge in [0.15, 0.2) is 28.5 Å². The molecule has 3 aromatic rings. The number of fused-ring (bicyclic) bond motifs is 2. The first-order valence-corrected chi connectivity index (χ1v) is 12.0. The number of nitrogens with two attached hydrogens (primary N) is 2. The number of nitrogens with zero attached hydrogens (tertiary/aromatic N) is 4. The van der Waals surface area contributed by atoms with E-state index in [1.165, 1.54) is 0 Å². The highest BCUT2D eigenvalue weighted by atomic mass is 32.2. The van der Waals surface area contributed by atoms with Gasteiger partial charge in [0.05, 0.1) is 5.75 Å². The van der Waals surface area contributed by atoms with E-state index in [9.17, 15) is 12.8 Å². The number of halogens is 1. The minimum atomic E-state index is -3.52. The van der Waals surface area contributed by atoms with E-state index in [0.717, 1.165) is 5.56 Å². The molecule has 0 saturated carbocycles. The monoisotopic (exact) mass is 474 g/mol. The Morgan fingerprint density at radius 2 is 1.85 bits per heavy atom. The summed E-state index contributed by atoms with van der Waals surface area (Å²) in [6.45, 7) is 1.30. The molecule has 0 fully saturated rings. The quantitative estimate of drug-likeness (QED) is 0.282. The fraction of sp³-hybridized carbons (Fsp3) is 0.381. The Labute approximate surface area is 190 Å². The average Bonchev–Trinajstić information content (AvgIpc) is 3.09. The second-order valence-corrected chi connectivity index (χ2v) is 9.37. The molecule has 0 bridgehead atoms. The number of anilines is 1. The molecular formula is C21H23FN6O4S. The Hall–Kier alpha value is -3.43. The number of unbranched alkanes of at least 4 members (excludes halogenated alkanes) is 2. The van der Waals surface area contributed by atoms with Gasteiger partial charge in [-0.1, -0.05) is 12.3 Å². The van der Waals surface area contributed by atoms with Crippen LogP contribution in [0.4, 0.5) is 10.2 Å². The molecule has 0 aliphatic carbocycles. The summed E-state index contributed by atoms with van der Waals surface area (Å²) in [5.41, 5.74) is 7.84. The van der Waals surface area contributed by atoms with E-state index in [4.69, 9.17) is 26.8 Å². The third-order valence-electron chi connectivity index (χ3n) is 5.26. The molecule has 1 aromatic carbocycles. The van der Waals surface area contributed by atoms with Gasteiger partial charge >= 0.3 is 6.08 Å². The molecule has 12 heteroatoms. The van der Waals surface area contributed by atoms with Gasteiger partial charge in [-0.2, -0.15) is 14.4 Å². The number of aryl methyl sites for hydroxylation is 1. The van der Waals surface area contributed by atoms with Crippen molar-refractivity contribution >= 4 is 27.0 Å². The van der Waals surface area contributed by atoms with Crippen molar-refractivity contribution in [3.63, 3.8) is 0 Å². The van der Waals surface area contributed by atoms with E-state index < -0.39 is 16.1 Å². The molecule has 0 spiro atoms. The summed E-state index contributed by atoms with van der Waals surface area (Å²) in [5.74, 6) is 4.23. The smallest absolute Gasteiger partial charge is 0.312 e. The van der Waals surface area contributed by atoms with Gasteiger partial charge in [-0.15, -0.1) is 6.42 Å². The van der Waals surface area contributed by atoms with E-state index in [0.29, 0.717) is 68.3 Å². The summed E-state index contributed by atoms with van der Waals surface area (Å²) in [6, 6.07) is 3.56. The van der Waals surface area contributed by atoms with Gasteiger partial charge in [0.25, 0.3) is 0 Å². The normalized spacial score (nSPS) is 13.2. The van der Waals surface area contributed by atoms with Crippen LogP contribution in [-0.4, -0.2) is 46.9 Å². The maximum Gasteiger partial charge on any atom is 0.312 e. The van der Waals surface area contributed by atoms with Crippen LogP contribution in [0.2, 0.25) is 0 Å². The van der Waals surface area contributed by atoms with Crippen molar-refractivity contribution < 1.29 is 22.3 Å². The molecule has 174 valence electrons. The van der Waals surface area contributed by atoms with Crippen molar-refractivity contribution in [2.75, 3.05) is 24.7 Å². The molecule has 0 saturated heterocycles. The molecule has 0 amide bonds. The fourth-order valence-corrected chi connectivity index (χ4v) is 4.35. The number of imidazole rings is 1. The Morgan fingerprint density at radius 3 is 2.55 bits per heavy atom. The molecule has 0 unspecified atom stereocenters. The van der Waals surface area contributed by atoms with E-state index in [1.54, 1.807) is 10.6 Å². The minimum absolute atomic E-state index is 0.0638. The van der Waals surface area contributed by atoms with Crippen LogP contribution in [0.15, 0.2) is 12.1 Å². The molecule has 1 aliphatic heterocycles. The highest BCUT2D eigenvalue weighted by molar-refractivity contribution is 7.89. The van der Waals surface area contributed by atoms with E-state index >= 15 is 0 Å². The zero-order chi connectivity index (χ0) is 23.6. The summed E-state index contributed by atoms with van der Waals surface area (Å²) in [5, 5.41) is 5.06. The lowest BCUT2D eigenvalue weighted by atomic mass is 10.0. The van der Waals surface area contributed by atoms with Crippen molar-refractivity contribution in [3.8, 4) is 23.8 Å². The number of rotatable bonds is 8. The first-order chi connectivity index (χ1) is 15.7. The molecule has 4 N–H and O–H groups in total. The summed E-state index contributed by atoms with van der Waals surface area (Å²) >= 11 is 0. The maximum absolute atomic E-state index is 13.9. The number of primary sulfonamides is 1. The van der Waals surface area contributed by atoms with Gasteiger partial charge in [-0.3, -0.25) is 0 Å². The number of hydrogen-bond acceptors (Lipinski definition) is 8. The Bertz CT molecular complexity index is 1350. The van der Waals surface area contributed by atoms with Crippen LogP contribution in [0, 0.1) is 18.4 Å². The van der Waals surface area contributed by atoms with Crippen molar-refractivity contribution in [2.24, 2.45) is 5.14 Å². The van der Waals surface area contributed by atoms with Crippen molar-refractivity contribution in [3.05, 3.63) is 35.2 Å².